The van der Waals surface area contributed by atoms with Crippen LogP contribution in [-0.4, -0.2) is 55.2 Å². The first-order valence-corrected chi connectivity index (χ1v) is 9.33. The highest BCUT2D eigenvalue weighted by atomic mass is 19.4. The second-order valence-electron chi connectivity index (χ2n) is 7.17. The maximum absolute atomic E-state index is 14.2. The first-order valence-electron chi connectivity index (χ1n) is 9.33. The Morgan fingerprint density at radius 3 is 2.54 bits per heavy atom. The maximum Gasteiger partial charge on any atom is 0.416 e. The van der Waals surface area contributed by atoms with E-state index < -0.39 is 17.6 Å². The topological polar surface area (TPSA) is 15.7 Å². The lowest BCUT2D eigenvalue weighted by atomic mass is 9.98. The predicted octanol–water partition coefficient (Wildman–Crippen LogP) is 3.92. The number of morpholine rings is 1. The van der Waals surface area contributed by atoms with Crippen molar-refractivity contribution in [2.75, 3.05) is 39.4 Å². The molecule has 7 heteroatoms. The largest absolute Gasteiger partial charge is 0.416 e. The molecule has 1 aromatic rings. The van der Waals surface area contributed by atoms with Gasteiger partial charge >= 0.3 is 6.18 Å². The fraction of sp³-hybridized carbons (Fsp3) is 0.684. The lowest BCUT2D eigenvalue weighted by molar-refractivity contribution is -0.137. The molecule has 2 saturated heterocycles. The number of hydrogen-bond donors (Lipinski definition) is 0. The SMILES string of the molecule is Fc1cc(C(F)(F)F)ccc1CN1CCCCC1CCN1CCOCC1. The van der Waals surface area contributed by atoms with Crippen LogP contribution in [-0.2, 0) is 17.5 Å². The third-order valence-corrected chi connectivity index (χ3v) is 5.39. The molecule has 1 aromatic carbocycles. The van der Waals surface area contributed by atoms with Crippen LogP contribution >= 0.6 is 0 Å². The molecule has 0 aromatic heterocycles. The average Bonchev–Trinajstić information content (AvgIpc) is 2.62. The molecule has 146 valence electrons. The van der Waals surface area contributed by atoms with Crippen molar-refractivity contribution >= 4 is 0 Å². The van der Waals surface area contributed by atoms with E-state index in [1.54, 1.807) is 0 Å². The van der Waals surface area contributed by atoms with E-state index in [0.29, 0.717) is 24.2 Å². The molecule has 1 atom stereocenters. The summed E-state index contributed by atoms with van der Waals surface area (Å²) in [5, 5.41) is 0. The fourth-order valence-electron chi connectivity index (χ4n) is 3.82. The van der Waals surface area contributed by atoms with E-state index in [0.717, 1.165) is 71.1 Å². The highest BCUT2D eigenvalue weighted by molar-refractivity contribution is 5.26. The van der Waals surface area contributed by atoms with E-state index >= 15 is 0 Å². The van der Waals surface area contributed by atoms with Crippen molar-refractivity contribution in [3.05, 3.63) is 35.1 Å². The summed E-state index contributed by atoms with van der Waals surface area (Å²) in [5.41, 5.74) is -0.586. The van der Waals surface area contributed by atoms with Gasteiger partial charge in [-0.05, 0) is 44.5 Å². The number of piperidine rings is 1. The number of ether oxygens (including phenoxy) is 1. The molecule has 3 rings (SSSR count). The van der Waals surface area contributed by atoms with E-state index in [-0.39, 0.29) is 0 Å². The van der Waals surface area contributed by atoms with Crippen LogP contribution < -0.4 is 0 Å². The minimum Gasteiger partial charge on any atom is -0.379 e. The molecule has 0 saturated carbocycles. The number of benzene rings is 1. The standard InChI is InChI=1S/C19H26F4N2O/c20-18-13-16(19(21,22)23)5-4-15(18)14-25-7-2-1-3-17(25)6-8-24-9-11-26-12-10-24/h4-5,13,17H,1-3,6-12,14H2. The molecule has 1 unspecified atom stereocenters. The van der Waals surface area contributed by atoms with Gasteiger partial charge in [-0.3, -0.25) is 9.80 Å². The van der Waals surface area contributed by atoms with E-state index in [1.807, 2.05) is 0 Å². The molecule has 0 amide bonds. The van der Waals surface area contributed by atoms with Gasteiger partial charge in [-0.2, -0.15) is 13.2 Å². The summed E-state index contributed by atoms with van der Waals surface area (Å²) in [7, 11) is 0. The van der Waals surface area contributed by atoms with Gasteiger partial charge in [0.1, 0.15) is 5.82 Å². The predicted molar refractivity (Wildman–Crippen MR) is 91.3 cm³/mol. The Hall–Kier alpha value is -1.18. The van der Waals surface area contributed by atoms with Gasteiger partial charge < -0.3 is 4.74 Å². The number of hydrogen-bond acceptors (Lipinski definition) is 3. The van der Waals surface area contributed by atoms with Crippen molar-refractivity contribution in [3.63, 3.8) is 0 Å². The molecular weight excluding hydrogens is 348 g/mol. The van der Waals surface area contributed by atoms with Gasteiger partial charge in [0, 0.05) is 31.2 Å². The minimum atomic E-state index is -4.51. The first-order chi connectivity index (χ1) is 12.4. The zero-order chi connectivity index (χ0) is 18.6. The Kier molecular flexibility index (Phi) is 6.53. The molecular formula is C19H26F4N2O. The highest BCUT2D eigenvalue weighted by Gasteiger charge is 2.31. The van der Waals surface area contributed by atoms with E-state index in [4.69, 9.17) is 4.74 Å². The van der Waals surface area contributed by atoms with Crippen LogP contribution in [0, 0.1) is 5.82 Å². The molecule has 3 nitrogen and oxygen atoms in total. The van der Waals surface area contributed by atoms with Gasteiger partial charge in [0.05, 0.1) is 18.8 Å². The van der Waals surface area contributed by atoms with Crippen LogP contribution in [0.25, 0.3) is 0 Å². The van der Waals surface area contributed by atoms with E-state index in [1.165, 1.54) is 6.07 Å². The monoisotopic (exact) mass is 374 g/mol. The van der Waals surface area contributed by atoms with Gasteiger partial charge in [0.2, 0.25) is 0 Å². The Bertz CT molecular complexity index is 587. The molecule has 2 heterocycles. The highest BCUT2D eigenvalue weighted by Crippen LogP contribution is 2.31. The summed E-state index contributed by atoms with van der Waals surface area (Å²) in [6.07, 6.45) is -0.240. The van der Waals surface area contributed by atoms with Crippen molar-refractivity contribution in [2.24, 2.45) is 0 Å². The maximum atomic E-state index is 14.2. The molecule has 2 fully saturated rings. The number of alkyl halides is 3. The Labute approximate surface area is 151 Å². The smallest absolute Gasteiger partial charge is 0.379 e. The molecule has 0 bridgehead atoms. The van der Waals surface area contributed by atoms with Gasteiger partial charge in [0.25, 0.3) is 0 Å². The third kappa shape index (κ3) is 5.18. The van der Waals surface area contributed by atoms with E-state index in [2.05, 4.69) is 9.80 Å². The summed E-state index contributed by atoms with van der Waals surface area (Å²) in [6.45, 7) is 5.66. The lowest BCUT2D eigenvalue weighted by Gasteiger charge is -2.37. The second-order valence-corrected chi connectivity index (χ2v) is 7.17. The lowest BCUT2D eigenvalue weighted by Crippen LogP contribution is -2.43. The zero-order valence-electron chi connectivity index (χ0n) is 14.9. The molecule has 2 aliphatic rings. The molecule has 0 aliphatic carbocycles. The van der Waals surface area contributed by atoms with Crippen molar-refractivity contribution in [2.45, 2.75) is 44.4 Å². The molecule has 0 spiro atoms. The molecule has 0 radical (unpaired) electrons. The van der Waals surface area contributed by atoms with Crippen molar-refractivity contribution in [3.8, 4) is 0 Å². The zero-order valence-corrected chi connectivity index (χ0v) is 14.9. The normalized spacial score (nSPS) is 23.3. The number of halogens is 4. The Morgan fingerprint density at radius 1 is 1.08 bits per heavy atom. The molecule has 2 aliphatic heterocycles. The van der Waals surface area contributed by atoms with Gasteiger partial charge in [-0.15, -0.1) is 0 Å². The Balaban J connectivity index is 1.60. The summed E-state index contributed by atoms with van der Waals surface area (Å²) in [6, 6.07) is 3.23. The molecule has 26 heavy (non-hydrogen) atoms. The van der Waals surface area contributed by atoms with Crippen LogP contribution in [0.4, 0.5) is 17.6 Å². The second kappa shape index (κ2) is 8.67. The summed E-state index contributed by atoms with van der Waals surface area (Å²) in [4.78, 5) is 4.62. The first kappa shape index (κ1) is 19.6. The summed E-state index contributed by atoms with van der Waals surface area (Å²) < 4.78 is 57.7. The van der Waals surface area contributed by atoms with Gasteiger partial charge in [-0.1, -0.05) is 12.5 Å². The Morgan fingerprint density at radius 2 is 1.85 bits per heavy atom. The van der Waals surface area contributed by atoms with E-state index in [9.17, 15) is 17.6 Å². The minimum absolute atomic E-state index is 0.344. The van der Waals surface area contributed by atoms with Crippen LogP contribution in [0.15, 0.2) is 18.2 Å². The number of nitrogens with zero attached hydrogens (tertiary/aromatic N) is 2. The van der Waals surface area contributed by atoms with Crippen LogP contribution in [0.1, 0.15) is 36.8 Å². The number of rotatable bonds is 5. The fourth-order valence-corrected chi connectivity index (χ4v) is 3.82. The summed E-state index contributed by atoms with van der Waals surface area (Å²) >= 11 is 0. The van der Waals surface area contributed by atoms with Gasteiger partial charge in [0.15, 0.2) is 0 Å². The van der Waals surface area contributed by atoms with Crippen molar-refractivity contribution < 1.29 is 22.3 Å². The van der Waals surface area contributed by atoms with Gasteiger partial charge in [-0.25, -0.2) is 4.39 Å². The summed E-state index contributed by atoms with van der Waals surface area (Å²) in [5.74, 6) is -0.766. The van der Waals surface area contributed by atoms with Crippen LogP contribution in [0.5, 0.6) is 0 Å². The van der Waals surface area contributed by atoms with Crippen LogP contribution in [0.3, 0.4) is 0 Å². The molecule has 0 N–H and O–H groups in total. The quantitative estimate of drug-likeness (QED) is 0.727. The van der Waals surface area contributed by atoms with Crippen LogP contribution in [0.2, 0.25) is 0 Å². The third-order valence-electron chi connectivity index (χ3n) is 5.39. The number of likely N-dealkylation sites (tertiary alicyclic amines) is 1. The van der Waals surface area contributed by atoms with Crippen molar-refractivity contribution in [1.29, 1.82) is 0 Å². The average molecular weight is 374 g/mol. The van der Waals surface area contributed by atoms with Crippen molar-refractivity contribution in [1.82, 2.24) is 9.80 Å².